The van der Waals surface area contributed by atoms with Gasteiger partial charge in [-0.2, -0.15) is 0 Å². The summed E-state index contributed by atoms with van der Waals surface area (Å²) >= 11 is 3.48. The third-order valence-corrected chi connectivity index (χ3v) is 4.11. The first-order chi connectivity index (χ1) is 9.52. The summed E-state index contributed by atoms with van der Waals surface area (Å²) in [6.45, 7) is 7.12. The first-order valence-electron chi connectivity index (χ1n) is 6.78. The van der Waals surface area contributed by atoms with Crippen LogP contribution in [0.5, 0.6) is 0 Å². The van der Waals surface area contributed by atoms with Gasteiger partial charge in [0, 0.05) is 4.47 Å². The highest BCUT2D eigenvalue weighted by Crippen LogP contribution is 2.31. The molecule has 0 aliphatic carbocycles. The van der Waals surface area contributed by atoms with Crippen molar-refractivity contribution >= 4 is 15.9 Å². The zero-order valence-electron chi connectivity index (χ0n) is 12.0. The third kappa shape index (κ3) is 3.28. The van der Waals surface area contributed by atoms with E-state index in [2.05, 4.69) is 60.2 Å². The van der Waals surface area contributed by atoms with Crippen LogP contribution in [0.25, 0.3) is 0 Å². The molecule has 0 spiro atoms. The summed E-state index contributed by atoms with van der Waals surface area (Å²) < 4.78 is 14.1. The van der Waals surface area contributed by atoms with Crippen LogP contribution in [0, 0.1) is 19.7 Å². The fourth-order valence-corrected chi connectivity index (χ4v) is 2.98. The molecular weight excluding hydrogens is 317 g/mol. The van der Waals surface area contributed by atoms with Gasteiger partial charge in [-0.3, -0.25) is 0 Å². The molecule has 2 aromatic rings. The van der Waals surface area contributed by atoms with Gasteiger partial charge < -0.3 is 5.32 Å². The van der Waals surface area contributed by atoms with Crippen molar-refractivity contribution in [3.63, 3.8) is 0 Å². The highest BCUT2D eigenvalue weighted by Gasteiger charge is 2.18. The average Bonchev–Trinajstić information content (AvgIpc) is 2.40. The quantitative estimate of drug-likeness (QED) is 0.837. The van der Waals surface area contributed by atoms with Crippen molar-refractivity contribution in [3.05, 3.63) is 68.9 Å². The number of hydrogen-bond donors (Lipinski definition) is 1. The van der Waals surface area contributed by atoms with Crippen LogP contribution >= 0.6 is 15.9 Å². The molecule has 2 rings (SSSR count). The molecule has 0 aliphatic heterocycles. The zero-order valence-corrected chi connectivity index (χ0v) is 13.6. The van der Waals surface area contributed by atoms with Crippen LogP contribution in [0.1, 0.15) is 35.2 Å². The van der Waals surface area contributed by atoms with E-state index in [1.165, 1.54) is 28.8 Å². The van der Waals surface area contributed by atoms with Gasteiger partial charge in [0.2, 0.25) is 0 Å². The van der Waals surface area contributed by atoms with Crippen LogP contribution in [-0.2, 0) is 0 Å². The highest BCUT2D eigenvalue weighted by molar-refractivity contribution is 9.10. The fraction of sp³-hybridized carbons (Fsp3) is 0.294. The molecule has 1 unspecified atom stereocenters. The number of rotatable bonds is 4. The lowest BCUT2D eigenvalue weighted by atomic mass is 9.93. The van der Waals surface area contributed by atoms with Crippen molar-refractivity contribution in [1.29, 1.82) is 0 Å². The molecule has 0 heterocycles. The molecular formula is C17H19BrFN. The van der Waals surface area contributed by atoms with Gasteiger partial charge in [-0.05, 0) is 49.2 Å². The minimum Gasteiger partial charge on any atom is -0.306 e. The fourth-order valence-electron chi connectivity index (χ4n) is 2.40. The Morgan fingerprint density at radius 3 is 2.50 bits per heavy atom. The second-order valence-electron chi connectivity index (χ2n) is 5.02. The van der Waals surface area contributed by atoms with Crippen molar-refractivity contribution in [1.82, 2.24) is 5.32 Å². The van der Waals surface area contributed by atoms with Crippen LogP contribution in [0.2, 0.25) is 0 Å². The molecule has 1 nitrogen and oxygen atoms in total. The largest absolute Gasteiger partial charge is 0.306 e. The van der Waals surface area contributed by atoms with Crippen molar-refractivity contribution in [3.8, 4) is 0 Å². The van der Waals surface area contributed by atoms with E-state index in [9.17, 15) is 4.39 Å². The first-order valence-corrected chi connectivity index (χ1v) is 7.57. The van der Waals surface area contributed by atoms with Gasteiger partial charge in [-0.25, -0.2) is 4.39 Å². The van der Waals surface area contributed by atoms with Crippen LogP contribution in [0.15, 0.2) is 40.9 Å². The van der Waals surface area contributed by atoms with E-state index in [-0.39, 0.29) is 11.9 Å². The number of nitrogens with one attached hydrogen (secondary N) is 1. The van der Waals surface area contributed by atoms with E-state index in [1.807, 2.05) is 6.07 Å². The molecule has 106 valence electrons. The molecule has 0 bridgehead atoms. The smallest absolute Gasteiger partial charge is 0.124 e. The molecule has 1 N–H and O–H groups in total. The van der Waals surface area contributed by atoms with Gasteiger partial charge in [0.05, 0.1) is 6.04 Å². The first kappa shape index (κ1) is 15.2. The molecule has 0 radical (unpaired) electrons. The summed E-state index contributed by atoms with van der Waals surface area (Å²) in [6.07, 6.45) is 0. The maximum atomic E-state index is 13.3. The molecule has 0 aliphatic rings. The predicted octanol–water partition coefficient (Wildman–Crippen LogP) is 4.90. The van der Waals surface area contributed by atoms with E-state index in [4.69, 9.17) is 0 Å². The Morgan fingerprint density at radius 2 is 1.85 bits per heavy atom. The average molecular weight is 336 g/mol. The molecule has 0 aromatic heterocycles. The van der Waals surface area contributed by atoms with Gasteiger partial charge in [0.15, 0.2) is 0 Å². The molecule has 20 heavy (non-hydrogen) atoms. The second kappa shape index (κ2) is 6.51. The van der Waals surface area contributed by atoms with E-state index < -0.39 is 0 Å². The molecule has 0 amide bonds. The number of aryl methyl sites for hydroxylation is 2. The molecule has 2 aromatic carbocycles. The summed E-state index contributed by atoms with van der Waals surface area (Å²) in [4.78, 5) is 0. The molecule has 0 saturated carbocycles. The molecule has 0 saturated heterocycles. The van der Waals surface area contributed by atoms with Crippen LogP contribution in [0.3, 0.4) is 0 Å². The van der Waals surface area contributed by atoms with Gasteiger partial charge in [0.25, 0.3) is 0 Å². The molecule has 3 heteroatoms. The third-order valence-electron chi connectivity index (χ3n) is 3.43. The summed E-state index contributed by atoms with van der Waals surface area (Å²) in [5.74, 6) is -0.225. The van der Waals surface area contributed by atoms with Gasteiger partial charge in [-0.1, -0.05) is 52.7 Å². The Balaban J connectivity index is 2.53. The van der Waals surface area contributed by atoms with Crippen LogP contribution in [-0.4, -0.2) is 6.54 Å². The minimum absolute atomic E-state index is 0.0647. The predicted molar refractivity (Wildman–Crippen MR) is 85.5 cm³/mol. The number of hydrogen-bond acceptors (Lipinski definition) is 1. The van der Waals surface area contributed by atoms with E-state index >= 15 is 0 Å². The lowest BCUT2D eigenvalue weighted by molar-refractivity contribution is 0.609. The Kier molecular flexibility index (Phi) is 4.95. The van der Waals surface area contributed by atoms with Crippen molar-refractivity contribution in [2.75, 3.05) is 6.54 Å². The van der Waals surface area contributed by atoms with Crippen molar-refractivity contribution in [2.24, 2.45) is 0 Å². The topological polar surface area (TPSA) is 12.0 Å². The molecule has 1 atom stereocenters. The lowest BCUT2D eigenvalue weighted by Crippen LogP contribution is -2.23. The Hall–Kier alpha value is -1.19. The summed E-state index contributed by atoms with van der Waals surface area (Å²) in [7, 11) is 0. The summed E-state index contributed by atoms with van der Waals surface area (Å²) in [6, 6.07) is 11.4. The summed E-state index contributed by atoms with van der Waals surface area (Å²) in [5, 5.41) is 3.49. The Morgan fingerprint density at radius 1 is 1.10 bits per heavy atom. The van der Waals surface area contributed by atoms with E-state index in [0.717, 1.165) is 16.6 Å². The van der Waals surface area contributed by atoms with Gasteiger partial charge >= 0.3 is 0 Å². The van der Waals surface area contributed by atoms with E-state index in [0.29, 0.717) is 0 Å². The normalized spacial score (nSPS) is 12.4. The second-order valence-corrected chi connectivity index (χ2v) is 5.87. The maximum Gasteiger partial charge on any atom is 0.124 e. The highest BCUT2D eigenvalue weighted by atomic mass is 79.9. The monoisotopic (exact) mass is 335 g/mol. The van der Waals surface area contributed by atoms with Crippen LogP contribution < -0.4 is 5.32 Å². The van der Waals surface area contributed by atoms with Gasteiger partial charge in [0.1, 0.15) is 5.82 Å². The standard InChI is InChI=1S/C17H19BrFN/c1-4-20-17(14-8-7-13(19)10-16(14)18)15-9-11(2)5-6-12(15)3/h5-10,17,20H,4H2,1-3H3. The van der Waals surface area contributed by atoms with Crippen molar-refractivity contribution in [2.45, 2.75) is 26.8 Å². The van der Waals surface area contributed by atoms with Crippen LogP contribution in [0.4, 0.5) is 4.39 Å². The minimum atomic E-state index is -0.225. The number of halogens is 2. The molecule has 0 fully saturated rings. The van der Waals surface area contributed by atoms with Gasteiger partial charge in [-0.15, -0.1) is 0 Å². The number of benzene rings is 2. The maximum absolute atomic E-state index is 13.3. The SMILES string of the molecule is CCNC(c1cc(C)ccc1C)c1ccc(F)cc1Br. The lowest BCUT2D eigenvalue weighted by Gasteiger charge is -2.22. The van der Waals surface area contributed by atoms with E-state index in [1.54, 1.807) is 0 Å². The summed E-state index contributed by atoms with van der Waals surface area (Å²) in [5.41, 5.74) is 4.76. The Bertz CT molecular complexity index is 610. The zero-order chi connectivity index (χ0) is 14.7. The van der Waals surface area contributed by atoms with Crippen molar-refractivity contribution < 1.29 is 4.39 Å². The Labute approximate surface area is 128 Å².